The number of nitrogens with two attached hydrogens (primary N) is 2. The molecule has 0 bridgehead atoms. The second-order valence-corrected chi connectivity index (χ2v) is 7.25. The number of aromatic nitrogens is 1. The van der Waals surface area contributed by atoms with E-state index < -0.39 is 0 Å². The second-order valence-electron chi connectivity index (χ2n) is 6.44. The minimum Gasteiger partial charge on any atom is -0.506 e. The number of hydrogen-bond acceptors (Lipinski definition) is 7. The SMILES string of the molecule is NC(=[NH+]CC1CCCCC1)c1c(Nc2ccc(N)cc2O)s[nH]c1=O.OO. The van der Waals surface area contributed by atoms with Crippen molar-refractivity contribution in [1.82, 2.24) is 4.37 Å². The maximum Gasteiger partial charge on any atom is 0.281 e. The molecule has 0 atom stereocenters. The summed E-state index contributed by atoms with van der Waals surface area (Å²) in [4.78, 5) is 15.4. The largest absolute Gasteiger partial charge is 0.506 e. The van der Waals surface area contributed by atoms with Crippen LogP contribution >= 0.6 is 11.5 Å². The van der Waals surface area contributed by atoms with Crippen LogP contribution in [0.2, 0.25) is 0 Å². The van der Waals surface area contributed by atoms with Crippen LogP contribution in [-0.2, 0) is 0 Å². The molecule has 0 unspecified atom stereocenters. The van der Waals surface area contributed by atoms with Gasteiger partial charge in [-0.3, -0.25) is 30.4 Å². The van der Waals surface area contributed by atoms with Gasteiger partial charge in [0.15, 0.2) is 5.56 Å². The molecule has 1 aliphatic carbocycles. The Morgan fingerprint density at radius 3 is 2.67 bits per heavy atom. The first-order chi connectivity index (χ1) is 13.0. The Morgan fingerprint density at radius 1 is 1.30 bits per heavy atom. The number of aromatic amines is 1. The number of anilines is 3. The summed E-state index contributed by atoms with van der Waals surface area (Å²) in [6, 6.07) is 4.78. The molecular weight excluding hydrogens is 370 g/mol. The van der Waals surface area contributed by atoms with Crippen molar-refractivity contribution in [2.75, 3.05) is 17.6 Å². The lowest BCUT2D eigenvalue weighted by Crippen LogP contribution is -2.77. The van der Waals surface area contributed by atoms with E-state index in [1.165, 1.54) is 38.2 Å². The van der Waals surface area contributed by atoms with E-state index in [0.717, 1.165) is 18.1 Å². The molecule has 0 radical (unpaired) electrons. The van der Waals surface area contributed by atoms with Crippen molar-refractivity contribution in [3.63, 3.8) is 0 Å². The Balaban J connectivity index is 0.00000126. The molecule has 1 saturated carbocycles. The molecule has 10 N–H and O–H groups in total. The van der Waals surface area contributed by atoms with Gasteiger partial charge in [0.2, 0.25) is 0 Å². The van der Waals surface area contributed by atoms with Crippen LogP contribution in [0.25, 0.3) is 0 Å². The summed E-state index contributed by atoms with van der Waals surface area (Å²) in [5.74, 6) is 0.966. The number of hydrogen-bond donors (Lipinski definition) is 8. The average molecular weight is 396 g/mol. The summed E-state index contributed by atoms with van der Waals surface area (Å²) in [7, 11) is 0. The smallest absolute Gasteiger partial charge is 0.281 e. The van der Waals surface area contributed by atoms with Gasteiger partial charge in [0.05, 0.1) is 12.2 Å². The van der Waals surface area contributed by atoms with Crippen molar-refractivity contribution in [2.24, 2.45) is 11.7 Å². The number of nitrogen functional groups attached to an aromatic ring is 2. The van der Waals surface area contributed by atoms with Gasteiger partial charge in [0.1, 0.15) is 10.8 Å². The zero-order valence-electron chi connectivity index (χ0n) is 14.9. The van der Waals surface area contributed by atoms with Crippen molar-refractivity contribution >= 4 is 33.7 Å². The highest BCUT2D eigenvalue weighted by atomic mass is 32.1. The molecule has 1 aromatic carbocycles. The van der Waals surface area contributed by atoms with E-state index in [-0.39, 0.29) is 11.3 Å². The Hall–Kier alpha value is -2.56. The fraction of sp³-hybridized carbons (Fsp3) is 0.412. The molecule has 2 aromatic rings. The van der Waals surface area contributed by atoms with Gasteiger partial charge in [-0.1, -0.05) is 19.3 Å². The number of rotatable bonds is 5. The predicted molar refractivity (Wildman–Crippen MR) is 107 cm³/mol. The Bertz CT molecular complexity index is 827. The van der Waals surface area contributed by atoms with E-state index in [1.807, 2.05) is 0 Å². The van der Waals surface area contributed by atoms with E-state index in [0.29, 0.717) is 33.7 Å². The van der Waals surface area contributed by atoms with Gasteiger partial charge in [0.25, 0.3) is 11.4 Å². The Labute approximate surface area is 160 Å². The molecule has 27 heavy (non-hydrogen) atoms. The molecule has 9 nitrogen and oxygen atoms in total. The van der Waals surface area contributed by atoms with Crippen LogP contribution in [-0.4, -0.2) is 32.4 Å². The average Bonchev–Trinajstić information content (AvgIpc) is 3.05. The summed E-state index contributed by atoms with van der Waals surface area (Å²) in [5.41, 5.74) is 12.8. The minimum absolute atomic E-state index is 0.0144. The first-order valence-electron chi connectivity index (χ1n) is 8.68. The van der Waals surface area contributed by atoms with Crippen LogP contribution in [0, 0.1) is 5.92 Å². The third-order valence-corrected chi connectivity index (χ3v) is 5.34. The van der Waals surface area contributed by atoms with Gasteiger partial charge in [-0.15, -0.1) is 0 Å². The lowest BCUT2D eigenvalue weighted by molar-refractivity contribution is -0.467. The topological polar surface area (TPSA) is 172 Å². The molecule has 0 aliphatic heterocycles. The Morgan fingerprint density at radius 2 is 2.00 bits per heavy atom. The maximum absolute atomic E-state index is 12.2. The summed E-state index contributed by atoms with van der Waals surface area (Å²) in [5, 5.41) is 25.6. The number of phenols is 1. The standard InChI is InChI=1S/C17H23N5O2S.H2O2/c18-11-6-7-12(13(23)8-11)21-17-14(16(24)22-25-17)15(19)20-9-10-4-2-1-3-5-10;1-2/h6-8,10,21,23H,1-5,9,18H2,(H2,19,20)(H,22,24);1-2H/p+1. The van der Waals surface area contributed by atoms with Crippen LogP contribution in [0.1, 0.15) is 37.7 Å². The Kier molecular flexibility index (Phi) is 7.65. The summed E-state index contributed by atoms with van der Waals surface area (Å²) < 4.78 is 2.68. The van der Waals surface area contributed by atoms with Crippen LogP contribution < -0.4 is 27.3 Å². The highest BCUT2D eigenvalue weighted by molar-refractivity contribution is 7.10. The van der Waals surface area contributed by atoms with E-state index >= 15 is 0 Å². The molecular formula is C17H26N5O4S+. The van der Waals surface area contributed by atoms with Crippen LogP contribution in [0.15, 0.2) is 23.0 Å². The van der Waals surface area contributed by atoms with Gasteiger partial charge >= 0.3 is 0 Å². The first kappa shape index (κ1) is 20.7. The second kappa shape index (κ2) is 9.95. The molecule has 1 aliphatic rings. The molecule has 10 heteroatoms. The first-order valence-corrected chi connectivity index (χ1v) is 9.50. The molecule has 1 fully saturated rings. The van der Waals surface area contributed by atoms with Crippen LogP contribution in [0.4, 0.5) is 16.4 Å². The molecule has 0 saturated heterocycles. The van der Waals surface area contributed by atoms with Gasteiger partial charge in [-0.05, 0) is 42.4 Å². The number of nitrogens with one attached hydrogen (secondary N) is 3. The maximum atomic E-state index is 12.2. The summed E-state index contributed by atoms with van der Waals surface area (Å²) in [6.45, 7) is 0.772. The van der Waals surface area contributed by atoms with E-state index in [2.05, 4.69) is 14.7 Å². The highest BCUT2D eigenvalue weighted by Crippen LogP contribution is 2.30. The molecule has 1 heterocycles. The lowest BCUT2D eigenvalue weighted by atomic mass is 9.89. The van der Waals surface area contributed by atoms with Crippen LogP contribution in [0.5, 0.6) is 5.75 Å². The number of phenolic OH excluding ortho intramolecular Hbond substituents is 1. The van der Waals surface area contributed by atoms with Crippen molar-refractivity contribution in [3.05, 3.63) is 34.1 Å². The fourth-order valence-electron chi connectivity index (χ4n) is 3.15. The van der Waals surface area contributed by atoms with Gasteiger partial charge in [-0.25, -0.2) is 0 Å². The van der Waals surface area contributed by atoms with E-state index in [9.17, 15) is 9.90 Å². The molecule has 0 spiro atoms. The van der Waals surface area contributed by atoms with Gasteiger partial charge < -0.3 is 16.2 Å². The number of amidine groups is 1. The van der Waals surface area contributed by atoms with Crippen LogP contribution in [0.3, 0.4) is 0 Å². The molecule has 148 valence electrons. The quantitative estimate of drug-likeness (QED) is 0.0924. The predicted octanol–water partition coefficient (Wildman–Crippen LogP) is 0.851. The number of benzene rings is 1. The van der Waals surface area contributed by atoms with Gasteiger partial charge in [-0.2, -0.15) is 0 Å². The number of aromatic hydroxyl groups is 1. The lowest BCUT2D eigenvalue weighted by Gasteiger charge is -2.18. The number of H-pyrrole nitrogens is 1. The van der Waals surface area contributed by atoms with E-state index in [4.69, 9.17) is 22.0 Å². The third-order valence-electron chi connectivity index (χ3n) is 4.55. The molecule has 1 aromatic heterocycles. The highest BCUT2D eigenvalue weighted by Gasteiger charge is 2.21. The van der Waals surface area contributed by atoms with Crippen molar-refractivity contribution in [1.29, 1.82) is 0 Å². The van der Waals surface area contributed by atoms with E-state index in [1.54, 1.807) is 12.1 Å². The fourth-order valence-corrected chi connectivity index (χ4v) is 3.91. The monoisotopic (exact) mass is 396 g/mol. The van der Waals surface area contributed by atoms with Crippen molar-refractivity contribution < 1.29 is 20.6 Å². The summed E-state index contributed by atoms with van der Waals surface area (Å²) in [6.07, 6.45) is 6.22. The summed E-state index contributed by atoms with van der Waals surface area (Å²) >= 11 is 1.14. The zero-order valence-corrected chi connectivity index (χ0v) is 15.7. The van der Waals surface area contributed by atoms with Crippen molar-refractivity contribution in [3.8, 4) is 5.75 Å². The third kappa shape index (κ3) is 5.46. The molecule has 3 rings (SSSR count). The normalized spacial score (nSPS) is 15.1. The minimum atomic E-state index is -0.254. The zero-order chi connectivity index (χ0) is 19.8. The van der Waals surface area contributed by atoms with Crippen molar-refractivity contribution in [2.45, 2.75) is 32.1 Å². The van der Waals surface area contributed by atoms with Gasteiger partial charge in [0, 0.05) is 11.8 Å². The molecule has 0 amide bonds.